The minimum atomic E-state index is -1.14. The molecule has 1 aliphatic heterocycles. The van der Waals surface area contributed by atoms with Crippen molar-refractivity contribution in [1.29, 1.82) is 0 Å². The second kappa shape index (κ2) is 6.73. The molecule has 1 N–H and O–H groups in total. The van der Waals surface area contributed by atoms with Crippen LogP contribution in [0, 0.1) is 0 Å². The van der Waals surface area contributed by atoms with Crippen molar-refractivity contribution in [2.24, 2.45) is 0 Å². The summed E-state index contributed by atoms with van der Waals surface area (Å²) in [4.78, 5) is 17.2. The second-order valence-electron chi connectivity index (χ2n) is 6.25. The van der Waals surface area contributed by atoms with Crippen molar-refractivity contribution >= 4 is 11.7 Å². The SMILES string of the molecule is COC(=O)C1(C)C=C(c2ccc(OC)c(OC3CCCC3)c2)NO1. The molecule has 1 aromatic rings. The van der Waals surface area contributed by atoms with E-state index in [0.717, 1.165) is 18.4 Å². The summed E-state index contributed by atoms with van der Waals surface area (Å²) in [6.07, 6.45) is 6.47. The Kier molecular flexibility index (Phi) is 4.66. The average Bonchev–Trinajstić information content (AvgIpc) is 3.24. The number of nitrogens with one attached hydrogen (secondary N) is 1. The van der Waals surface area contributed by atoms with Gasteiger partial charge in [0.25, 0.3) is 0 Å². The number of carbonyl (C=O) groups excluding carboxylic acids is 1. The standard InChI is InChI=1S/C18H23NO5/c1-18(17(20)22-3)11-14(19-24-18)12-8-9-15(21-2)16(10-12)23-13-6-4-5-7-13/h8-11,13,19H,4-7H2,1-3H3. The summed E-state index contributed by atoms with van der Waals surface area (Å²) in [6, 6.07) is 5.66. The number of ether oxygens (including phenoxy) is 3. The van der Waals surface area contributed by atoms with Crippen molar-refractivity contribution < 1.29 is 23.8 Å². The zero-order valence-electron chi connectivity index (χ0n) is 14.3. The van der Waals surface area contributed by atoms with Crippen LogP contribution in [0.25, 0.3) is 5.70 Å². The van der Waals surface area contributed by atoms with E-state index in [2.05, 4.69) is 5.48 Å². The number of esters is 1. The molecule has 0 amide bonds. The number of rotatable bonds is 5. The van der Waals surface area contributed by atoms with E-state index in [4.69, 9.17) is 19.0 Å². The molecule has 1 heterocycles. The zero-order chi connectivity index (χ0) is 17.2. The lowest BCUT2D eigenvalue weighted by molar-refractivity contribution is -0.163. The number of methoxy groups -OCH3 is 2. The highest BCUT2D eigenvalue weighted by molar-refractivity contribution is 5.86. The minimum Gasteiger partial charge on any atom is -0.493 e. The smallest absolute Gasteiger partial charge is 0.344 e. The van der Waals surface area contributed by atoms with Gasteiger partial charge in [-0.05, 0) is 56.9 Å². The maximum Gasteiger partial charge on any atom is 0.344 e. The first-order valence-corrected chi connectivity index (χ1v) is 8.16. The lowest BCUT2D eigenvalue weighted by Crippen LogP contribution is -2.36. The molecular formula is C18H23NO5. The van der Waals surface area contributed by atoms with Crippen molar-refractivity contribution in [3.8, 4) is 11.5 Å². The highest BCUT2D eigenvalue weighted by atomic mass is 16.7. The van der Waals surface area contributed by atoms with Gasteiger partial charge in [0.1, 0.15) is 0 Å². The van der Waals surface area contributed by atoms with Crippen LogP contribution in [0.1, 0.15) is 38.2 Å². The van der Waals surface area contributed by atoms with Gasteiger partial charge in [0, 0.05) is 5.56 Å². The van der Waals surface area contributed by atoms with Crippen LogP contribution in [0.5, 0.6) is 11.5 Å². The van der Waals surface area contributed by atoms with Crippen molar-refractivity contribution in [1.82, 2.24) is 5.48 Å². The van der Waals surface area contributed by atoms with E-state index in [9.17, 15) is 4.79 Å². The fourth-order valence-corrected chi connectivity index (χ4v) is 3.06. The summed E-state index contributed by atoms with van der Waals surface area (Å²) < 4.78 is 16.3. The first-order chi connectivity index (χ1) is 11.6. The topological polar surface area (TPSA) is 66.0 Å². The fourth-order valence-electron chi connectivity index (χ4n) is 3.06. The summed E-state index contributed by atoms with van der Waals surface area (Å²) in [5, 5.41) is 0. The summed E-state index contributed by atoms with van der Waals surface area (Å²) >= 11 is 0. The number of hydrogen-bond donors (Lipinski definition) is 1. The molecule has 0 bridgehead atoms. The monoisotopic (exact) mass is 333 g/mol. The third-order valence-corrected chi connectivity index (χ3v) is 4.45. The van der Waals surface area contributed by atoms with Gasteiger partial charge in [0.05, 0.1) is 26.0 Å². The Labute approximate surface area is 141 Å². The van der Waals surface area contributed by atoms with E-state index in [1.165, 1.54) is 20.0 Å². The molecule has 1 unspecified atom stereocenters. The van der Waals surface area contributed by atoms with Gasteiger partial charge in [-0.15, -0.1) is 0 Å². The normalized spacial score (nSPS) is 23.5. The Morgan fingerprint density at radius 3 is 2.67 bits per heavy atom. The summed E-state index contributed by atoms with van der Waals surface area (Å²) in [6.45, 7) is 1.65. The van der Waals surface area contributed by atoms with Gasteiger partial charge in [0.15, 0.2) is 11.5 Å². The van der Waals surface area contributed by atoms with Crippen molar-refractivity contribution in [3.63, 3.8) is 0 Å². The molecule has 0 aromatic heterocycles. The zero-order valence-corrected chi connectivity index (χ0v) is 14.3. The van der Waals surface area contributed by atoms with Crippen molar-refractivity contribution in [2.45, 2.75) is 44.3 Å². The predicted octanol–water partition coefficient (Wildman–Crippen LogP) is 2.82. The van der Waals surface area contributed by atoms with E-state index in [1.807, 2.05) is 18.2 Å². The van der Waals surface area contributed by atoms with Gasteiger partial charge in [-0.3, -0.25) is 10.3 Å². The van der Waals surface area contributed by atoms with Gasteiger partial charge in [0.2, 0.25) is 5.60 Å². The van der Waals surface area contributed by atoms with E-state index in [1.54, 1.807) is 20.1 Å². The van der Waals surface area contributed by atoms with Gasteiger partial charge < -0.3 is 14.2 Å². The van der Waals surface area contributed by atoms with Crippen molar-refractivity contribution in [3.05, 3.63) is 29.8 Å². The van der Waals surface area contributed by atoms with Crippen LogP contribution in [0.4, 0.5) is 0 Å². The van der Waals surface area contributed by atoms with Crippen LogP contribution in [0.15, 0.2) is 24.3 Å². The molecular weight excluding hydrogens is 310 g/mol. The molecule has 24 heavy (non-hydrogen) atoms. The number of benzene rings is 1. The maximum absolute atomic E-state index is 11.8. The van der Waals surface area contributed by atoms with Gasteiger partial charge in [-0.2, -0.15) is 0 Å². The van der Waals surface area contributed by atoms with E-state index in [0.29, 0.717) is 17.2 Å². The van der Waals surface area contributed by atoms with Crippen LogP contribution in [0.3, 0.4) is 0 Å². The molecule has 1 fully saturated rings. The predicted molar refractivity (Wildman–Crippen MR) is 88.5 cm³/mol. The molecule has 1 atom stereocenters. The Bertz CT molecular complexity index is 651. The summed E-state index contributed by atoms with van der Waals surface area (Å²) in [5.74, 6) is 0.943. The Balaban J connectivity index is 1.86. The largest absolute Gasteiger partial charge is 0.493 e. The molecule has 3 rings (SSSR count). The molecule has 130 valence electrons. The first-order valence-electron chi connectivity index (χ1n) is 8.16. The van der Waals surface area contributed by atoms with E-state index < -0.39 is 11.6 Å². The Morgan fingerprint density at radius 1 is 1.25 bits per heavy atom. The third kappa shape index (κ3) is 3.19. The quantitative estimate of drug-likeness (QED) is 0.836. The maximum atomic E-state index is 11.8. The lowest BCUT2D eigenvalue weighted by atomic mass is 10.0. The molecule has 6 nitrogen and oxygen atoms in total. The highest BCUT2D eigenvalue weighted by Crippen LogP contribution is 2.35. The van der Waals surface area contributed by atoms with Gasteiger partial charge in [-0.25, -0.2) is 4.79 Å². The fraction of sp³-hybridized carbons (Fsp3) is 0.500. The number of carbonyl (C=O) groups is 1. The number of hydroxylamine groups is 1. The van der Waals surface area contributed by atoms with Crippen molar-refractivity contribution in [2.75, 3.05) is 14.2 Å². The Morgan fingerprint density at radius 2 is 2.00 bits per heavy atom. The van der Waals surface area contributed by atoms with Crippen LogP contribution in [-0.4, -0.2) is 31.9 Å². The minimum absolute atomic E-state index is 0.233. The molecule has 2 aliphatic rings. The summed E-state index contributed by atoms with van der Waals surface area (Å²) in [7, 11) is 2.96. The van der Waals surface area contributed by atoms with E-state index >= 15 is 0 Å². The molecule has 0 spiro atoms. The third-order valence-electron chi connectivity index (χ3n) is 4.45. The molecule has 1 aliphatic carbocycles. The number of hydrogen-bond acceptors (Lipinski definition) is 6. The van der Waals surface area contributed by atoms with Gasteiger partial charge in [-0.1, -0.05) is 0 Å². The van der Waals surface area contributed by atoms with Crippen LogP contribution in [-0.2, 0) is 14.4 Å². The molecule has 0 saturated heterocycles. The first kappa shape index (κ1) is 16.6. The molecule has 6 heteroatoms. The second-order valence-corrected chi connectivity index (χ2v) is 6.25. The van der Waals surface area contributed by atoms with Gasteiger partial charge >= 0.3 is 5.97 Å². The molecule has 0 radical (unpaired) electrons. The average molecular weight is 333 g/mol. The lowest BCUT2D eigenvalue weighted by Gasteiger charge is -2.17. The molecule has 1 saturated carbocycles. The van der Waals surface area contributed by atoms with Crippen LogP contribution < -0.4 is 15.0 Å². The summed E-state index contributed by atoms with van der Waals surface area (Å²) in [5.41, 5.74) is 3.21. The van der Waals surface area contributed by atoms with Crippen LogP contribution in [0.2, 0.25) is 0 Å². The Hall–Kier alpha value is -2.21. The van der Waals surface area contributed by atoms with Crippen LogP contribution >= 0.6 is 0 Å². The highest BCUT2D eigenvalue weighted by Gasteiger charge is 2.39. The van der Waals surface area contributed by atoms with E-state index in [-0.39, 0.29) is 6.10 Å². The molecule has 1 aromatic carbocycles.